The maximum absolute atomic E-state index is 5.78. The van der Waals surface area contributed by atoms with Gasteiger partial charge < -0.3 is 8.94 Å². The second-order valence-electron chi connectivity index (χ2n) is 6.70. The molecule has 2 aromatic rings. The molecule has 0 amide bonds. The van der Waals surface area contributed by atoms with Crippen LogP contribution < -0.4 is 0 Å². The van der Waals surface area contributed by atoms with Crippen molar-refractivity contribution in [2.75, 3.05) is 6.54 Å². The SMILES string of the molecule is C1CC(c2noc(C3CC3)n2)N(Cc2nnc(C3CC3)o2)C1. The van der Waals surface area contributed by atoms with Gasteiger partial charge in [0.2, 0.25) is 17.7 Å². The summed E-state index contributed by atoms with van der Waals surface area (Å²) in [6.07, 6.45) is 6.93. The summed E-state index contributed by atoms with van der Waals surface area (Å²) in [5.74, 6) is 4.17. The lowest BCUT2D eigenvalue weighted by Gasteiger charge is -2.19. The lowest BCUT2D eigenvalue weighted by Crippen LogP contribution is -2.23. The Morgan fingerprint density at radius 3 is 2.64 bits per heavy atom. The third-order valence-electron chi connectivity index (χ3n) is 4.79. The number of nitrogens with zero attached hydrogens (tertiary/aromatic N) is 5. The highest BCUT2D eigenvalue weighted by molar-refractivity contribution is 5.06. The van der Waals surface area contributed by atoms with E-state index in [4.69, 9.17) is 8.94 Å². The van der Waals surface area contributed by atoms with Crippen LogP contribution >= 0.6 is 0 Å². The van der Waals surface area contributed by atoms with Crippen LogP contribution in [0, 0.1) is 0 Å². The standard InChI is InChI=1S/C15H19N5O2/c1-2-11(13-16-14(22-19-13)9-3-4-9)20(7-1)8-12-17-18-15(21-12)10-5-6-10/h9-11H,1-8H2. The molecule has 1 unspecified atom stereocenters. The first-order chi connectivity index (χ1) is 10.9. The fourth-order valence-corrected chi connectivity index (χ4v) is 3.19. The summed E-state index contributed by atoms with van der Waals surface area (Å²) in [5, 5.41) is 12.6. The molecule has 0 aromatic carbocycles. The van der Waals surface area contributed by atoms with Crippen molar-refractivity contribution in [2.24, 2.45) is 0 Å². The van der Waals surface area contributed by atoms with Crippen molar-refractivity contribution in [1.82, 2.24) is 25.2 Å². The maximum Gasteiger partial charge on any atom is 0.230 e. The van der Waals surface area contributed by atoms with Gasteiger partial charge in [-0.1, -0.05) is 5.16 Å². The third-order valence-corrected chi connectivity index (χ3v) is 4.79. The highest BCUT2D eigenvalue weighted by Crippen LogP contribution is 2.41. The van der Waals surface area contributed by atoms with E-state index >= 15 is 0 Å². The number of aromatic nitrogens is 4. The van der Waals surface area contributed by atoms with Crippen molar-refractivity contribution < 1.29 is 8.94 Å². The lowest BCUT2D eigenvalue weighted by molar-refractivity contribution is 0.210. The van der Waals surface area contributed by atoms with E-state index in [0.717, 1.165) is 37.0 Å². The first kappa shape index (κ1) is 12.8. The van der Waals surface area contributed by atoms with E-state index in [0.29, 0.717) is 24.3 Å². The highest BCUT2D eigenvalue weighted by atomic mass is 16.5. The smallest absolute Gasteiger partial charge is 0.230 e. The minimum absolute atomic E-state index is 0.215. The van der Waals surface area contributed by atoms with E-state index in [-0.39, 0.29) is 6.04 Å². The van der Waals surface area contributed by atoms with E-state index < -0.39 is 0 Å². The summed E-state index contributed by atoms with van der Waals surface area (Å²) < 4.78 is 11.2. The van der Waals surface area contributed by atoms with Gasteiger partial charge in [0.25, 0.3) is 0 Å². The molecule has 1 aliphatic heterocycles. The molecule has 2 aromatic heterocycles. The first-order valence-corrected chi connectivity index (χ1v) is 8.26. The third kappa shape index (κ3) is 2.33. The fraction of sp³-hybridized carbons (Fsp3) is 0.733. The van der Waals surface area contributed by atoms with Crippen LogP contribution in [0.1, 0.15) is 79.9 Å². The Kier molecular flexibility index (Phi) is 2.82. The summed E-state index contributed by atoms with van der Waals surface area (Å²) in [6.45, 7) is 1.69. The zero-order valence-electron chi connectivity index (χ0n) is 12.4. The second kappa shape index (κ2) is 4.87. The second-order valence-corrected chi connectivity index (χ2v) is 6.70. The van der Waals surface area contributed by atoms with E-state index in [1.165, 1.54) is 25.7 Å². The van der Waals surface area contributed by atoms with Gasteiger partial charge in [0.1, 0.15) is 0 Å². The van der Waals surface area contributed by atoms with Gasteiger partial charge in [-0.15, -0.1) is 10.2 Å². The molecule has 1 atom stereocenters. The molecule has 7 heteroatoms. The Morgan fingerprint density at radius 2 is 1.82 bits per heavy atom. The van der Waals surface area contributed by atoms with Crippen LogP contribution in [0.2, 0.25) is 0 Å². The van der Waals surface area contributed by atoms with Gasteiger partial charge in [-0.2, -0.15) is 4.98 Å². The average molecular weight is 301 g/mol. The van der Waals surface area contributed by atoms with E-state index in [9.17, 15) is 0 Å². The van der Waals surface area contributed by atoms with Gasteiger partial charge in [0.15, 0.2) is 5.82 Å². The van der Waals surface area contributed by atoms with Crippen molar-refractivity contribution in [3.63, 3.8) is 0 Å². The van der Waals surface area contributed by atoms with E-state index in [2.05, 4.69) is 25.2 Å². The largest absolute Gasteiger partial charge is 0.424 e. The van der Waals surface area contributed by atoms with Crippen molar-refractivity contribution >= 4 is 0 Å². The molecule has 1 saturated heterocycles. The quantitative estimate of drug-likeness (QED) is 0.839. The molecule has 2 saturated carbocycles. The zero-order valence-corrected chi connectivity index (χ0v) is 12.4. The number of hydrogen-bond acceptors (Lipinski definition) is 7. The first-order valence-electron chi connectivity index (χ1n) is 8.26. The number of hydrogen-bond donors (Lipinski definition) is 0. The molecule has 3 aliphatic rings. The molecule has 0 N–H and O–H groups in total. The molecular formula is C15H19N5O2. The normalized spacial score (nSPS) is 25.9. The Balaban J connectivity index is 1.31. The van der Waals surface area contributed by atoms with E-state index in [1.807, 2.05) is 0 Å². The number of rotatable bonds is 5. The molecule has 5 rings (SSSR count). The van der Waals surface area contributed by atoms with Crippen LogP contribution in [0.5, 0.6) is 0 Å². The molecule has 22 heavy (non-hydrogen) atoms. The molecule has 0 spiro atoms. The van der Waals surface area contributed by atoms with Crippen LogP contribution in [0.15, 0.2) is 8.94 Å². The summed E-state index contributed by atoms with van der Waals surface area (Å²) in [6, 6.07) is 0.215. The molecule has 7 nitrogen and oxygen atoms in total. The summed E-state index contributed by atoms with van der Waals surface area (Å²) in [4.78, 5) is 6.93. The maximum atomic E-state index is 5.78. The van der Waals surface area contributed by atoms with Crippen LogP contribution in [0.25, 0.3) is 0 Å². The minimum Gasteiger partial charge on any atom is -0.424 e. The summed E-state index contributed by atoms with van der Waals surface area (Å²) in [7, 11) is 0. The van der Waals surface area contributed by atoms with Crippen LogP contribution in [0.3, 0.4) is 0 Å². The Bertz CT molecular complexity index is 673. The summed E-state index contributed by atoms with van der Waals surface area (Å²) in [5.41, 5.74) is 0. The minimum atomic E-state index is 0.215. The van der Waals surface area contributed by atoms with Gasteiger partial charge in [0, 0.05) is 11.8 Å². The van der Waals surface area contributed by atoms with Crippen molar-refractivity contribution in [2.45, 2.75) is 62.9 Å². The van der Waals surface area contributed by atoms with Gasteiger partial charge in [-0.05, 0) is 45.1 Å². The van der Waals surface area contributed by atoms with Crippen molar-refractivity contribution in [1.29, 1.82) is 0 Å². The van der Waals surface area contributed by atoms with Crippen LogP contribution in [0.4, 0.5) is 0 Å². The van der Waals surface area contributed by atoms with Gasteiger partial charge >= 0.3 is 0 Å². The molecular weight excluding hydrogens is 282 g/mol. The zero-order chi connectivity index (χ0) is 14.5. The predicted molar refractivity (Wildman–Crippen MR) is 74.9 cm³/mol. The highest BCUT2D eigenvalue weighted by Gasteiger charge is 2.35. The van der Waals surface area contributed by atoms with Crippen LogP contribution in [-0.2, 0) is 6.54 Å². The average Bonchev–Trinajstić information content (AvgIpc) is 3.42. The molecule has 0 radical (unpaired) electrons. The molecule has 116 valence electrons. The molecule has 3 fully saturated rings. The van der Waals surface area contributed by atoms with Gasteiger partial charge in [-0.3, -0.25) is 4.90 Å². The number of likely N-dealkylation sites (tertiary alicyclic amines) is 1. The Hall–Kier alpha value is -1.76. The monoisotopic (exact) mass is 301 g/mol. The van der Waals surface area contributed by atoms with Crippen molar-refractivity contribution in [3.05, 3.63) is 23.5 Å². The fourth-order valence-electron chi connectivity index (χ4n) is 3.19. The van der Waals surface area contributed by atoms with Crippen molar-refractivity contribution in [3.8, 4) is 0 Å². The topological polar surface area (TPSA) is 81.1 Å². The predicted octanol–water partition coefficient (Wildman–Crippen LogP) is 2.54. The van der Waals surface area contributed by atoms with Gasteiger partial charge in [-0.25, -0.2) is 0 Å². The van der Waals surface area contributed by atoms with E-state index in [1.54, 1.807) is 0 Å². The Morgan fingerprint density at radius 1 is 1.00 bits per heavy atom. The molecule has 2 aliphatic carbocycles. The van der Waals surface area contributed by atoms with Gasteiger partial charge in [0.05, 0.1) is 12.6 Å². The lowest BCUT2D eigenvalue weighted by atomic mass is 10.2. The Labute approximate surface area is 128 Å². The molecule has 3 heterocycles. The molecule has 0 bridgehead atoms. The van der Waals surface area contributed by atoms with Crippen LogP contribution in [-0.4, -0.2) is 31.8 Å². The summed E-state index contributed by atoms with van der Waals surface area (Å²) >= 11 is 0.